The Bertz CT molecular complexity index is 187. The fraction of sp³-hybridized carbons (Fsp3) is 0.900. The number of rotatable bonds is 3. The lowest BCUT2D eigenvalue weighted by Gasteiger charge is -2.12. The van der Waals surface area contributed by atoms with Crippen LogP contribution in [0.1, 0.15) is 32.1 Å². The minimum absolute atomic E-state index is 0.449. The Morgan fingerprint density at radius 2 is 2.38 bits per heavy atom. The molecule has 1 aliphatic heterocycles. The summed E-state index contributed by atoms with van der Waals surface area (Å²) in [6, 6.07) is 0. The van der Waals surface area contributed by atoms with Crippen molar-refractivity contribution in [3.63, 3.8) is 0 Å². The van der Waals surface area contributed by atoms with E-state index in [0.717, 1.165) is 31.6 Å². The summed E-state index contributed by atoms with van der Waals surface area (Å²) in [6.07, 6.45) is 5.61. The monoisotopic (exact) mass is 200 g/mol. The van der Waals surface area contributed by atoms with Gasteiger partial charge in [0.2, 0.25) is 0 Å². The lowest BCUT2D eigenvalue weighted by Crippen LogP contribution is -2.11. The van der Waals surface area contributed by atoms with Gasteiger partial charge in [-0.25, -0.2) is 0 Å². The smallest absolute Gasteiger partial charge is 0.134 e. The van der Waals surface area contributed by atoms with E-state index in [1.807, 2.05) is 11.8 Å². The van der Waals surface area contributed by atoms with Crippen LogP contribution < -0.4 is 0 Å². The Labute approximate surface area is 83.4 Å². The molecule has 2 nitrogen and oxygen atoms in total. The summed E-state index contributed by atoms with van der Waals surface area (Å²) < 4.78 is 5.53. The van der Waals surface area contributed by atoms with Crippen LogP contribution in [0.2, 0.25) is 0 Å². The van der Waals surface area contributed by atoms with Gasteiger partial charge in [-0.3, -0.25) is 4.79 Å². The lowest BCUT2D eigenvalue weighted by atomic mass is 10.3. The van der Waals surface area contributed by atoms with Crippen LogP contribution in [0, 0.1) is 0 Å². The Morgan fingerprint density at radius 1 is 1.46 bits per heavy atom. The van der Waals surface area contributed by atoms with Crippen LogP contribution in [0.25, 0.3) is 0 Å². The summed E-state index contributed by atoms with van der Waals surface area (Å²) in [6.45, 7) is 0.939. The van der Waals surface area contributed by atoms with Crippen LogP contribution in [0.4, 0.5) is 0 Å². The first kappa shape index (κ1) is 9.53. The molecular weight excluding hydrogens is 184 g/mol. The van der Waals surface area contributed by atoms with Gasteiger partial charge in [0.15, 0.2) is 0 Å². The van der Waals surface area contributed by atoms with E-state index in [-0.39, 0.29) is 0 Å². The van der Waals surface area contributed by atoms with Crippen molar-refractivity contribution in [3.8, 4) is 0 Å². The molecule has 1 aliphatic carbocycles. The van der Waals surface area contributed by atoms with Crippen molar-refractivity contribution >= 4 is 17.5 Å². The average molecular weight is 200 g/mol. The summed E-state index contributed by atoms with van der Waals surface area (Å²) in [5.41, 5.74) is 0. The third kappa shape index (κ3) is 2.71. The van der Waals surface area contributed by atoms with Gasteiger partial charge in [-0.15, -0.1) is 0 Å². The second-order valence-electron chi connectivity index (χ2n) is 3.87. The summed E-state index contributed by atoms with van der Waals surface area (Å²) in [7, 11) is 0. The highest BCUT2D eigenvalue weighted by molar-refractivity contribution is 8.00. The molecular formula is C10H16O2S. The number of ketones is 1. The zero-order chi connectivity index (χ0) is 9.10. The number of hydrogen-bond donors (Lipinski definition) is 0. The molecule has 1 saturated heterocycles. The van der Waals surface area contributed by atoms with Gasteiger partial charge in [-0.1, -0.05) is 0 Å². The van der Waals surface area contributed by atoms with Crippen molar-refractivity contribution in [1.29, 1.82) is 0 Å². The second kappa shape index (κ2) is 4.47. The van der Waals surface area contributed by atoms with E-state index in [2.05, 4.69) is 0 Å². The highest BCUT2D eigenvalue weighted by Gasteiger charge is 2.24. The molecule has 2 unspecified atom stereocenters. The number of carbonyl (C=O) groups excluding carboxylic acids is 1. The van der Waals surface area contributed by atoms with Crippen LogP contribution in [0.5, 0.6) is 0 Å². The minimum atomic E-state index is 0.449. The quantitative estimate of drug-likeness (QED) is 0.697. The van der Waals surface area contributed by atoms with Crippen LogP contribution >= 0.6 is 11.8 Å². The molecule has 3 heteroatoms. The number of Topliss-reactive ketones (excluding diaryl/α,β-unsaturated/α-hetero) is 1. The van der Waals surface area contributed by atoms with Crippen molar-refractivity contribution < 1.29 is 9.53 Å². The molecule has 0 aromatic carbocycles. The Hall–Kier alpha value is -0.0200. The molecule has 13 heavy (non-hydrogen) atoms. The summed E-state index contributed by atoms with van der Waals surface area (Å²) in [4.78, 5) is 11.0. The van der Waals surface area contributed by atoms with Crippen LogP contribution in [0.15, 0.2) is 0 Å². The van der Waals surface area contributed by atoms with E-state index in [0.29, 0.717) is 17.1 Å². The van der Waals surface area contributed by atoms with E-state index in [9.17, 15) is 4.79 Å². The molecule has 0 bridgehead atoms. The van der Waals surface area contributed by atoms with Crippen molar-refractivity contribution in [2.75, 3.05) is 12.4 Å². The van der Waals surface area contributed by atoms with Crippen LogP contribution in [0.3, 0.4) is 0 Å². The topological polar surface area (TPSA) is 26.3 Å². The predicted octanol–water partition coefficient (Wildman–Crippen LogP) is 2.02. The number of thioether (sulfide) groups is 1. The number of hydrogen-bond acceptors (Lipinski definition) is 3. The Balaban J connectivity index is 1.64. The largest absolute Gasteiger partial charge is 0.377 e. The second-order valence-corrected chi connectivity index (χ2v) is 5.21. The highest BCUT2D eigenvalue weighted by Crippen LogP contribution is 2.29. The molecule has 74 valence electrons. The summed E-state index contributed by atoms with van der Waals surface area (Å²) >= 11 is 1.94. The van der Waals surface area contributed by atoms with Crippen molar-refractivity contribution in [2.45, 2.75) is 43.5 Å². The average Bonchev–Trinajstić information content (AvgIpc) is 2.71. The fourth-order valence-corrected chi connectivity index (χ4v) is 3.28. The lowest BCUT2D eigenvalue weighted by molar-refractivity contribution is -0.117. The molecule has 0 N–H and O–H groups in total. The maximum Gasteiger partial charge on any atom is 0.134 e. The first-order valence-corrected chi connectivity index (χ1v) is 6.14. The van der Waals surface area contributed by atoms with Crippen molar-refractivity contribution in [2.24, 2.45) is 0 Å². The number of carbonyl (C=O) groups is 1. The van der Waals surface area contributed by atoms with E-state index in [1.54, 1.807) is 0 Å². The molecule has 0 amide bonds. The molecule has 2 rings (SSSR count). The van der Waals surface area contributed by atoms with Gasteiger partial charge in [-0.05, 0) is 19.3 Å². The van der Waals surface area contributed by atoms with Gasteiger partial charge in [0.05, 0.1) is 6.10 Å². The Morgan fingerprint density at radius 3 is 3.00 bits per heavy atom. The molecule has 1 heterocycles. The van der Waals surface area contributed by atoms with Gasteiger partial charge in [-0.2, -0.15) is 11.8 Å². The standard InChI is InChI=1S/C10H16O2S/c11-8-3-4-10(6-8)13-7-9-2-1-5-12-9/h9-10H,1-7H2. The van der Waals surface area contributed by atoms with Crippen molar-refractivity contribution in [1.82, 2.24) is 0 Å². The van der Waals surface area contributed by atoms with Gasteiger partial charge >= 0.3 is 0 Å². The SMILES string of the molecule is O=C1CCC(SCC2CCCO2)C1. The zero-order valence-corrected chi connectivity index (χ0v) is 8.65. The molecule has 2 fully saturated rings. The first-order valence-electron chi connectivity index (χ1n) is 5.09. The van der Waals surface area contributed by atoms with Gasteiger partial charge < -0.3 is 4.74 Å². The van der Waals surface area contributed by atoms with E-state index < -0.39 is 0 Å². The molecule has 0 spiro atoms. The summed E-state index contributed by atoms with van der Waals surface area (Å²) in [5, 5.41) is 0.594. The van der Waals surface area contributed by atoms with Crippen LogP contribution in [-0.2, 0) is 9.53 Å². The molecule has 2 aliphatic rings. The minimum Gasteiger partial charge on any atom is -0.377 e. The van der Waals surface area contributed by atoms with E-state index >= 15 is 0 Å². The number of ether oxygens (including phenoxy) is 1. The maximum atomic E-state index is 11.0. The van der Waals surface area contributed by atoms with Crippen LogP contribution in [-0.4, -0.2) is 29.5 Å². The molecule has 1 saturated carbocycles. The molecule has 0 aromatic rings. The fourth-order valence-electron chi connectivity index (χ4n) is 1.94. The molecule has 2 atom stereocenters. The first-order chi connectivity index (χ1) is 6.34. The molecule has 0 radical (unpaired) electrons. The predicted molar refractivity (Wildman–Crippen MR) is 54.1 cm³/mol. The third-order valence-electron chi connectivity index (χ3n) is 2.74. The maximum absolute atomic E-state index is 11.0. The third-order valence-corrected chi connectivity index (χ3v) is 4.18. The van der Waals surface area contributed by atoms with Gasteiger partial charge in [0.25, 0.3) is 0 Å². The molecule has 0 aromatic heterocycles. The van der Waals surface area contributed by atoms with E-state index in [1.165, 1.54) is 12.8 Å². The Kier molecular flexibility index (Phi) is 3.28. The highest BCUT2D eigenvalue weighted by atomic mass is 32.2. The van der Waals surface area contributed by atoms with E-state index in [4.69, 9.17) is 4.74 Å². The van der Waals surface area contributed by atoms with Crippen molar-refractivity contribution in [3.05, 3.63) is 0 Å². The van der Waals surface area contributed by atoms with Gasteiger partial charge in [0, 0.05) is 30.5 Å². The normalized spacial score (nSPS) is 34.3. The van der Waals surface area contributed by atoms with Gasteiger partial charge in [0.1, 0.15) is 5.78 Å². The zero-order valence-electron chi connectivity index (χ0n) is 7.83. The summed E-state index contributed by atoms with van der Waals surface area (Å²) in [5.74, 6) is 1.54.